The molecular formula is C26H33F2N5O. The van der Waals surface area contributed by atoms with Crippen molar-refractivity contribution in [1.29, 1.82) is 0 Å². The zero-order valence-corrected chi connectivity index (χ0v) is 19.9. The molecule has 2 aromatic carbocycles. The molecule has 1 N–H and O–H groups in total. The summed E-state index contributed by atoms with van der Waals surface area (Å²) in [7, 11) is 0. The number of halogens is 2. The number of carbonyl (C=O) groups excluding carboxylic acids is 1. The van der Waals surface area contributed by atoms with Crippen molar-refractivity contribution >= 4 is 22.6 Å². The SMILES string of the molecule is CC(C)C(C(=O)NCCCCN1CCN(c2ccccc2)CC1)n1cnc2cc(F)c(F)cc21. The van der Waals surface area contributed by atoms with Gasteiger partial charge in [0.05, 0.1) is 17.4 Å². The first-order valence-corrected chi connectivity index (χ1v) is 12.1. The van der Waals surface area contributed by atoms with Crippen LogP contribution in [0.5, 0.6) is 0 Å². The van der Waals surface area contributed by atoms with Crippen LogP contribution in [0.15, 0.2) is 48.8 Å². The summed E-state index contributed by atoms with van der Waals surface area (Å²) >= 11 is 0. The van der Waals surface area contributed by atoms with Crippen LogP contribution in [0.25, 0.3) is 11.0 Å². The van der Waals surface area contributed by atoms with E-state index in [0.717, 1.165) is 57.7 Å². The second kappa shape index (κ2) is 11.0. The lowest BCUT2D eigenvalue weighted by Crippen LogP contribution is -2.46. The third-order valence-electron chi connectivity index (χ3n) is 6.51. The first kappa shape index (κ1) is 24.1. The standard InChI is InChI=1S/C26H33F2N5O/c1-19(2)25(33-18-30-23-16-21(27)22(28)17-24(23)33)26(34)29-10-6-7-11-31-12-14-32(15-13-31)20-8-4-3-5-9-20/h3-5,8-9,16-19,25H,6-7,10-15H2,1-2H3,(H,29,34). The Labute approximate surface area is 199 Å². The highest BCUT2D eigenvalue weighted by Crippen LogP contribution is 2.25. The summed E-state index contributed by atoms with van der Waals surface area (Å²) in [5.74, 6) is -2.05. The highest BCUT2D eigenvalue weighted by Gasteiger charge is 2.26. The van der Waals surface area contributed by atoms with Gasteiger partial charge >= 0.3 is 0 Å². The molecule has 34 heavy (non-hydrogen) atoms. The minimum atomic E-state index is -0.943. The Kier molecular flexibility index (Phi) is 7.77. The molecule has 6 nitrogen and oxygen atoms in total. The monoisotopic (exact) mass is 469 g/mol. The first-order valence-electron chi connectivity index (χ1n) is 12.1. The maximum atomic E-state index is 13.8. The summed E-state index contributed by atoms with van der Waals surface area (Å²) in [4.78, 5) is 22.0. The average Bonchev–Trinajstić information content (AvgIpc) is 3.22. The van der Waals surface area contributed by atoms with Crippen molar-refractivity contribution in [3.05, 3.63) is 60.4 Å². The van der Waals surface area contributed by atoms with Crippen molar-refractivity contribution in [2.75, 3.05) is 44.2 Å². The molecule has 0 saturated carbocycles. The Morgan fingerprint density at radius 3 is 2.44 bits per heavy atom. The topological polar surface area (TPSA) is 53.4 Å². The molecule has 1 aromatic heterocycles. The minimum absolute atomic E-state index is 0.0357. The van der Waals surface area contributed by atoms with Crippen molar-refractivity contribution in [3.63, 3.8) is 0 Å². The van der Waals surface area contributed by atoms with Crippen LogP contribution in [0.2, 0.25) is 0 Å². The number of hydrogen-bond acceptors (Lipinski definition) is 4. The number of benzene rings is 2. The van der Waals surface area contributed by atoms with Gasteiger partial charge in [0.1, 0.15) is 6.04 Å². The van der Waals surface area contributed by atoms with E-state index in [4.69, 9.17) is 0 Å². The van der Waals surface area contributed by atoms with E-state index in [-0.39, 0.29) is 11.8 Å². The molecule has 1 fully saturated rings. The molecule has 0 bridgehead atoms. The molecule has 0 radical (unpaired) electrons. The van der Waals surface area contributed by atoms with Gasteiger partial charge in [-0.3, -0.25) is 9.69 Å². The quantitative estimate of drug-likeness (QED) is 0.477. The molecule has 1 aliphatic rings. The molecule has 0 spiro atoms. The van der Waals surface area contributed by atoms with Crippen LogP contribution < -0.4 is 10.2 Å². The number of carbonyl (C=O) groups is 1. The van der Waals surface area contributed by atoms with Gasteiger partial charge in [-0.25, -0.2) is 13.8 Å². The summed E-state index contributed by atoms with van der Waals surface area (Å²) < 4.78 is 29.0. The maximum absolute atomic E-state index is 13.8. The van der Waals surface area contributed by atoms with E-state index in [9.17, 15) is 13.6 Å². The number of anilines is 1. The lowest BCUT2D eigenvalue weighted by Gasteiger charge is -2.36. The largest absolute Gasteiger partial charge is 0.369 e. The Balaban J connectivity index is 1.23. The van der Waals surface area contributed by atoms with E-state index >= 15 is 0 Å². The molecule has 1 atom stereocenters. The zero-order valence-electron chi connectivity index (χ0n) is 19.9. The summed E-state index contributed by atoms with van der Waals surface area (Å²) in [6, 6.07) is 12.1. The normalized spacial score (nSPS) is 15.7. The summed E-state index contributed by atoms with van der Waals surface area (Å²) in [6.07, 6.45) is 3.39. The summed E-state index contributed by atoms with van der Waals surface area (Å²) in [5.41, 5.74) is 2.04. The number of unbranched alkanes of at least 4 members (excludes halogenated alkanes) is 1. The van der Waals surface area contributed by atoms with Crippen LogP contribution in [-0.2, 0) is 4.79 Å². The fourth-order valence-corrected chi connectivity index (χ4v) is 4.64. The Morgan fingerprint density at radius 2 is 1.74 bits per heavy atom. The molecular weight excluding hydrogens is 436 g/mol. The fourth-order valence-electron chi connectivity index (χ4n) is 4.64. The molecule has 1 saturated heterocycles. The molecule has 4 rings (SSSR count). The fraction of sp³-hybridized carbons (Fsp3) is 0.462. The van der Waals surface area contributed by atoms with Gasteiger partial charge in [-0.15, -0.1) is 0 Å². The van der Waals surface area contributed by atoms with Crippen molar-refractivity contribution in [2.24, 2.45) is 5.92 Å². The van der Waals surface area contributed by atoms with Crippen LogP contribution in [-0.4, -0.2) is 59.6 Å². The Hall–Kier alpha value is -3.00. The van der Waals surface area contributed by atoms with Crippen molar-refractivity contribution in [2.45, 2.75) is 32.7 Å². The van der Waals surface area contributed by atoms with Crippen LogP contribution >= 0.6 is 0 Å². The van der Waals surface area contributed by atoms with Gasteiger partial charge in [0.25, 0.3) is 0 Å². The number of fused-ring (bicyclic) bond motifs is 1. The minimum Gasteiger partial charge on any atom is -0.369 e. The van der Waals surface area contributed by atoms with E-state index in [1.165, 1.54) is 12.0 Å². The van der Waals surface area contributed by atoms with Crippen LogP contribution in [0.1, 0.15) is 32.7 Å². The zero-order chi connectivity index (χ0) is 24.1. The Bertz CT molecular complexity index is 1090. The second-order valence-electron chi connectivity index (χ2n) is 9.26. The predicted octanol–water partition coefficient (Wildman–Crippen LogP) is 4.23. The van der Waals surface area contributed by atoms with Gasteiger partial charge in [-0.2, -0.15) is 0 Å². The number of hydrogen-bond donors (Lipinski definition) is 1. The molecule has 1 amide bonds. The number of aromatic nitrogens is 2. The highest BCUT2D eigenvalue weighted by atomic mass is 19.2. The molecule has 0 aliphatic carbocycles. The van der Waals surface area contributed by atoms with E-state index < -0.39 is 17.7 Å². The van der Waals surface area contributed by atoms with Crippen molar-refractivity contribution in [1.82, 2.24) is 19.8 Å². The Morgan fingerprint density at radius 1 is 1.03 bits per heavy atom. The highest BCUT2D eigenvalue weighted by molar-refractivity contribution is 5.84. The first-order chi connectivity index (χ1) is 16.4. The van der Waals surface area contributed by atoms with E-state index in [1.807, 2.05) is 19.9 Å². The number of amides is 1. The van der Waals surface area contributed by atoms with Gasteiger partial charge in [0.2, 0.25) is 5.91 Å². The number of nitrogens with one attached hydrogen (secondary N) is 1. The predicted molar refractivity (Wildman–Crippen MR) is 131 cm³/mol. The number of piperazine rings is 1. The molecule has 1 unspecified atom stereocenters. The van der Waals surface area contributed by atoms with Crippen LogP contribution in [0.4, 0.5) is 14.5 Å². The van der Waals surface area contributed by atoms with Gasteiger partial charge < -0.3 is 14.8 Å². The van der Waals surface area contributed by atoms with Crippen molar-refractivity contribution < 1.29 is 13.6 Å². The third kappa shape index (κ3) is 5.55. The van der Waals surface area contributed by atoms with Gasteiger partial charge in [-0.05, 0) is 37.4 Å². The van der Waals surface area contributed by atoms with E-state index in [0.29, 0.717) is 17.6 Å². The number of nitrogens with zero attached hydrogens (tertiary/aromatic N) is 4. The second-order valence-corrected chi connectivity index (χ2v) is 9.26. The lowest BCUT2D eigenvalue weighted by molar-refractivity contribution is -0.125. The number of rotatable bonds is 9. The van der Waals surface area contributed by atoms with E-state index in [1.54, 1.807) is 4.57 Å². The third-order valence-corrected chi connectivity index (χ3v) is 6.51. The van der Waals surface area contributed by atoms with Crippen LogP contribution in [0, 0.1) is 17.6 Å². The van der Waals surface area contributed by atoms with Gasteiger partial charge in [-0.1, -0.05) is 32.0 Å². The molecule has 182 valence electrons. The van der Waals surface area contributed by atoms with Gasteiger partial charge in [0, 0.05) is 50.5 Å². The summed E-state index contributed by atoms with van der Waals surface area (Å²) in [5, 5.41) is 3.03. The lowest BCUT2D eigenvalue weighted by atomic mass is 10.0. The maximum Gasteiger partial charge on any atom is 0.243 e. The van der Waals surface area contributed by atoms with Crippen molar-refractivity contribution in [3.8, 4) is 0 Å². The molecule has 8 heteroatoms. The number of para-hydroxylation sites is 1. The molecule has 1 aliphatic heterocycles. The molecule has 2 heterocycles. The van der Waals surface area contributed by atoms with Gasteiger partial charge in [0.15, 0.2) is 11.6 Å². The summed E-state index contributed by atoms with van der Waals surface area (Å²) in [6.45, 7) is 9.62. The van der Waals surface area contributed by atoms with Crippen LogP contribution in [0.3, 0.4) is 0 Å². The van der Waals surface area contributed by atoms with E-state index in [2.05, 4.69) is 44.4 Å². The molecule has 3 aromatic rings. The average molecular weight is 470 g/mol. The smallest absolute Gasteiger partial charge is 0.243 e. The number of imidazole rings is 1.